The molecule has 1 N–H and O–H groups in total. The summed E-state index contributed by atoms with van der Waals surface area (Å²) >= 11 is 7.52. The number of anilines is 1. The SMILES string of the molecule is Cc1cccc(C)c1OCc1ccc(C(=O)Nc2ccccc2Sc2ccc(Cl)cc2)o1. The number of furan rings is 1. The molecule has 0 saturated heterocycles. The molecule has 0 fully saturated rings. The largest absolute Gasteiger partial charge is 0.485 e. The van der Waals surface area contributed by atoms with Gasteiger partial charge in [-0.1, -0.05) is 53.7 Å². The van der Waals surface area contributed by atoms with Gasteiger partial charge in [-0.2, -0.15) is 0 Å². The molecule has 0 aliphatic carbocycles. The smallest absolute Gasteiger partial charge is 0.291 e. The van der Waals surface area contributed by atoms with E-state index >= 15 is 0 Å². The Balaban J connectivity index is 1.43. The molecule has 162 valence electrons. The lowest BCUT2D eigenvalue weighted by atomic mass is 10.1. The van der Waals surface area contributed by atoms with Crippen molar-refractivity contribution in [1.82, 2.24) is 0 Å². The van der Waals surface area contributed by atoms with Crippen molar-refractivity contribution in [3.63, 3.8) is 0 Å². The quantitative estimate of drug-likeness (QED) is 0.307. The molecule has 0 atom stereocenters. The zero-order valence-electron chi connectivity index (χ0n) is 17.7. The fraction of sp³-hybridized carbons (Fsp3) is 0.115. The molecule has 4 nitrogen and oxygen atoms in total. The molecule has 4 rings (SSSR count). The lowest BCUT2D eigenvalue weighted by molar-refractivity contribution is 0.0992. The van der Waals surface area contributed by atoms with Gasteiger partial charge in [0.05, 0.1) is 5.69 Å². The van der Waals surface area contributed by atoms with E-state index in [0.29, 0.717) is 16.5 Å². The third-order valence-electron chi connectivity index (χ3n) is 4.83. The lowest BCUT2D eigenvalue weighted by Gasteiger charge is -2.11. The van der Waals surface area contributed by atoms with Gasteiger partial charge in [0.2, 0.25) is 0 Å². The molecule has 1 heterocycles. The fourth-order valence-electron chi connectivity index (χ4n) is 3.22. The number of para-hydroxylation sites is 2. The van der Waals surface area contributed by atoms with Gasteiger partial charge in [-0.3, -0.25) is 4.79 Å². The van der Waals surface area contributed by atoms with Crippen molar-refractivity contribution in [2.45, 2.75) is 30.2 Å². The summed E-state index contributed by atoms with van der Waals surface area (Å²) in [5.74, 6) is 1.34. The van der Waals surface area contributed by atoms with Crippen LogP contribution in [0.25, 0.3) is 0 Å². The van der Waals surface area contributed by atoms with Crippen molar-refractivity contribution in [3.8, 4) is 5.75 Å². The van der Waals surface area contributed by atoms with E-state index in [0.717, 1.165) is 26.7 Å². The average Bonchev–Trinajstić information content (AvgIpc) is 3.25. The van der Waals surface area contributed by atoms with E-state index in [9.17, 15) is 4.79 Å². The molecule has 0 aliphatic rings. The van der Waals surface area contributed by atoms with Crippen molar-refractivity contribution in [1.29, 1.82) is 0 Å². The zero-order chi connectivity index (χ0) is 22.5. The highest BCUT2D eigenvalue weighted by Gasteiger charge is 2.15. The van der Waals surface area contributed by atoms with Crippen LogP contribution in [0.4, 0.5) is 5.69 Å². The van der Waals surface area contributed by atoms with Crippen LogP contribution in [0.5, 0.6) is 5.75 Å². The summed E-state index contributed by atoms with van der Waals surface area (Å²) in [6.45, 7) is 4.26. The van der Waals surface area contributed by atoms with E-state index in [4.69, 9.17) is 20.8 Å². The predicted molar refractivity (Wildman–Crippen MR) is 129 cm³/mol. The van der Waals surface area contributed by atoms with Crippen LogP contribution in [0.2, 0.25) is 5.02 Å². The Bertz CT molecular complexity index is 1210. The number of aryl methyl sites for hydroxylation is 2. The number of rotatable bonds is 7. The number of halogens is 1. The highest BCUT2D eigenvalue weighted by atomic mass is 35.5. The van der Waals surface area contributed by atoms with Gasteiger partial charge >= 0.3 is 0 Å². The van der Waals surface area contributed by atoms with E-state index in [2.05, 4.69) is 5.32 Å². The van der Waals surface area contributed by atoms with Gasteiger partial charge < -0.3 is 14.5 Å². The Morgan fingerprint density at radius 1 is 0.938 bits per heavy atom. The Morgan fingerprint density at radius 3 is 2.41 bits per heavy atom. The molecular formula is C26H22ClNO3S. The minimum absolute atomic E-state index is 0.233. The Labute approximate surface area is 196 Å². The number of ether oxygens (including phenoxy) is 1. The molecule has 0 aliphatic heterocycles. The first-order valence-corrected chi connectivity index (χ1v) is 11.3. The second kappa shape index (κ2) is 9.98. The third kappa shape index (κ3) is 5.36. The minimum atomic E-state index is -0.313. The second-order valence-corrected chi connectivity index (χ2v) is 8.83. The van der Waals surface area contributed by atoms with E-state index < -0.39 is 0 Å². The van der Waals surface area contributed by atoms with Gasteiger partial charge in [-0.25, -0.2) is 0 Å². The molecular weight excluding hydrogens is 442 g/mol. The van der Waals surface area contributed by atoms with Crippen LogP contribution in [0.15, 0.2) is 93.1 Å². The van der Waals surface area contributed by atoms with Crippen molar-refractivity contribution in [2.24, 2.45) is 0 Å². The second-order valence-electron chi connectivity index (χ2n) is 7.28. The average molecular weight is 464 g/mol. The van der Waals surface area contributed by atoms with Crippen LogP contribution in [0, 0.1) is 13.8 Å². The van der Waals surface area contributed by atoms with Crippen LogP contribution in [-0.4, -0.2) is 5.91 Å². The Kier molecular flexibility index (Phi) is 6.88. The first-order valence-electron chi connectivity index (χ1n) is 10.1. The van der Waals surface area contributed by atoms with Gasteiger partial charge in [0.1, 0.15) is 18.1 Å². The number of amides is 1. The summed E-state index contributed by atoms with van der Waals surface area (Å²) in [4.78, 5) is 14.7. The van der Waals surface area contributed by atoms with Gasteiger partial charge in [0.15, 0.2) is 5.76 Å². The molecule has 0 bridgehead atoms. The van der Waals surface area contributed by atoms with Gasteiger partial charge in [-0.05, 0) is 73.5 Å². The molecule has 0 spiro atoms. The number of hydrogen-bond donors (Lipinski definition) is 1. The Hall–Kier alpha value is -3.15. The molecule has 1 aromatic heterocycles. The molecule has 0 saturated carbocycles. The van der Waals surface area contributed by atoms with E-state index in [1.54, 1.807) is 23.9 Å². The standard InChI is InChI=1S/C26H22ClNO3S/c1-17-6-5-7-18(2)25(17)30-16-20-12-15-23(31-20)26(29)28-22-8-3-4-9-24(22)32-21-13-10-19(27)11-14-21/h3-15H,16H2,1-2H3,(H,28,29). The zero-order valence-corrected chi connectivity index (χ0v) is 19.3. The normalized spacial score (nSPS) is 10.7. The number of benzene rings is 3. The minimum Gasteiger partial charge on any atom is -0.485 e. The molecule has 0 unspecified atom stereocenters. The molecule has 4 aromatic rings. The maximum absolute atomic E-state index is 12.8. The fourth-order valence-corrected chi connectivity index (χ4v) is 4.25. The first-order chi connectivity index (χ1) is 15.5. The van der Waals surface area contributed by atoms with E-state index in [1.165, 1.54) is 0 Å². The topological polar surface area (TPSA) is 51.5 Å². The van der Waals surface area contributed by atoms with Crippen LogP contribution in [-0.2, 0) is 6.61 Å². The van der Waals surface area contributed by atoms with Gasteiger partial charge in [-0.15, -0.1) is 0 Å². The van der Waals surface area contributed by atoms with E-state index in [-0.39, 0.29) is 18.3 Å². The molecule has 32 heavy (non-hydrogen) atoms. The number of carbonyl (C=O) groups is 1. The van der Waals surface area contributed by atoms with Gasteiger partial charge in [0, 0.05) is 14.8 Å². The monoisotopic (exact) mass is 463 g/mol. The summed E-state index contributed by atoms with van der Waals surface area (Å²) in [5.41, 5.74) is 2.83. The van der Waals surface area contributed by atoms with Gasteiger partial charge in [0.25, 0.3) is 5.91 Å². The van der Waals surface area contributed by atoms with Crippen LogP contribution in [0.1, 0.15) is 27.4 Å². The van der Waals surface area contributed by atoms with Crippen molar-refractivity contribution in [2.75, 3.05) is 5.32 Å². The van der Waals surface area contributed by atoms with Crippen molar-refractivity contribution in [3.05, 3.63) is 107 Å². The number of nitrogens with one attached hydrogen (secondary N) is 1. The summed E-state index contributed by atoms with van der Waals surface area (Å²) < 4.78 is 11.7. The molecule has 6 heteroatoms. The maximum Gasteiger partial charge on any atom is 0.291 e. The highest BCUT2D eigenvalue weighted by Crippen LogP contribution is 2.34. The predicted octanol–water partition coefficient (Wildman–Crippen LogP) is 7.53. The van der Waals surface area contributed by atoms with Crippen LogP contribution < -0.4 is 10.1 Å². The summed E-state index contributed by atoms with van der Waals surface area (Å²) in [6, 6.07) is 24.6. The van der Waals surface area contributed by atoms with E-state index in [1.807, 2.05) is 80.6 Å². The summed E-state index contributed by atoms with van der Waals surface area (Å²) in [7, 11) is 0. The van der Waals surface area contributed by atoms with Crippen LogP contribution in [0.3, 0.4) is 0 Å². The summed E-state index contributed by atoms with van der Waals surface area (Å²) in [5, 5.41) is 3.63. The lowest BCUT2D eigenvalue weighted by Crippen LogP contribution is -2.11. The maximum atomic E-state index is 12.8. The third-order valence-corrected chi connectivity index (χ3v) is 6.17. The van der Waals surface area contributed by atoms with Crippen molar-refractivity contribution >= 4 is 35.0 Å². The Morgan fingerprint density at radius 2 is 1.66 bits per heavy atom. The highest BCUT2D eigenvalue weighted by molar-refractivity contribution is 7.99. The molecule has 0 radical (unpaired) electrons. The number of hydrogen-bond acceptors (Lipinski definition) is 4. The van der Waals surface area contributed by atoms with Crippen molar-refractivity contribution < 1.29 is 13.9 Å². The number of carbonyl (C=O) groups excluding carboxylic acids is 1. The molecule has 3 aromatic carbocycles. The van der Waals surface area contributed by atoms with Crippen LogP contribution >= 0.6 is 23.4 Å². The summed E-state index contributed by atoms with van der Waals surface area (Å²) in [6.07, 6.45) is 0. The first kappa shape index (κ1) is 22.1. The molecule has 1 amide bonds.